The van der Waals surface area contributed by atoms with E-state index in [-0.39, 0.29) is 0 Å². The molecule has 0 bridgehead atoms. The maximum atomic E-state index is 4.86. The lowest BCUT2D eigenvalue weighted by Crippen LogP contribution is -2.37. The summed E-state index contributed by atoms with van der Waals surface area (Å²) in [5.41, 5.74) is 3.58. The molecule has 1 saturated heterocycles. The van der Waals surface area contributed by atoms with Crippen LogP contribution in [0.2, 0.25) is 0 Å². The van der Waals surface area contributed by atoms with E-state index in [2.05, 4.69) is 25.7 Å². The molecule has 5 rings (SSSR count). The highest BCUT2D eigenvalue weighted by Crippen LogP contribution is 2.33. The molecule has 0 unspecified atom stereocenters. The molecular weight excluding hydrogens is 324 g/mol. The van der Waals surface area contributed by atoms with Crippen molar-refractivity contribution in [1.82, 2.24) is 24.6 Å². The van der Waals surface area contributed by atoms with E-state index in [0.29, 0.717) is 5.92 Å². The monoisotopic (exact) mass is 348 g/mol. The lowest BCUT2D eigenvalue weighted by atomic mass is 9.93. The summed E-state index contributed by atoms with van der Waals surface area (Å²) >= 11 is 0. The van der Waals surface area contributed by atoms with Crippen LogP contribution in [0.3, 0.4) is 0 Å². The van der Waals surface area contributed by atoms with Gasteiger partial charge in [0.05, 0.1) is 0 Å². The number of fused-ring (bicyclic) bond motifs is 2. The maximum absolute atomic E-state index is 4.86. The summed E-state index contributed by atoms with van der Waals surface area (Å²) < 4.78 is 2.13. The Morgan fingerprint density at radius 3 is 2.92 bits per heavy atom. The van der Waals surface area contributed by atoms with Crippen molar-refractivity contribution >= 4 is 11.5 Å². The topological polar surface area (TPSA) is 59.2 Å². The Morgan fingerprint density at radius 1 is 1.04 bits per heavy atom. The first-order valence-corrected chi connectivity index (χ1v) is 9.70. The van der Waals surface area contributed by atoms with Crippen LogP contribution in [-0.2, 0) is 12.8 Å². The first-order valence-electron chi connectivity index (χ1n) is 9.70. The third kappa shape index (κ3) is 2.64. The Labute approximate surface area is 153 Å². The van der Waals surface area contributed by atoms with Gasteiger partial charge in [-0.05, 0) is 57.6 Å². The van der Waals surface area contributed by atoms with Crippen molar-refractivity contribution in [3.8, 4) is 0 Å². The highest BCUT2D eigenvalue weighted by Gasteiger charge is 2.28. The quantitative estimate of drug-likeness (QED) is 0.712. The number of nitrogens with zero attached hydrogens (tertiary/aromatic N) is 6. The van der Waals surface area contributed by atoms with Crippen LogP contribution in [0.1, 0.15) is 54.5 Å². The van der Waals surface area contributed by atoms with Crippen LogP contribution in [0.5, 0.6) is 0 Å². The van der Waals surface area contributed by atoms with E-state index < -0.39 is 0 Å². The summed E-state index contributed by atoms with van der Waals surface area (Å²) in [6.07, 6.45) is 9.08. The first-order chi connectivity index (χ1) is 12.8. The Hall–Kier alpha value is -2.50. The van der Waals surface area contributed by atoms with Crippen LogP contribution in [-0.4, -0.2) is 37.7 Å². The predicted octanol–water partition coefficient (Wildman–Crippen LogP) is 3.09. The Morgan fingerprint density at radius 2 is 1.96 bits per heavy atom. The molecular formula is C20H24N6. The molecule has 6 nitrogen and oxygen atoms in total. The highest BCUT2D eigenvalue weighted by atomic mass is 15.3. The molecule has 26 heavy (non-hydrogen) atoms. The number of anilines is 1. The van der Waals surface area contributed by atoms with E-state index in [1.165, 1.54) is 29.9 Å². The van der Waals surface area contributed by atoms with E-state index >= 15 is 0 Å². The fourth-order valence-electron chi connectivity index (χ4n) is 4.47. The van der Waals surface area contributed by atoms with E-state index in [9.17, 15) is 0 Å². The minimum Gasteiger partial charge on any atom is -0.356 e. The average molecular weight is 348 g/mol. The van der Waals surface area contributed by atoms with Crippen molar-refractivity contribution in [2.75, 3.05) is 18.0 Å². The molecule has 4 heterocycles. The van der Waals surface area contributed by atoms with Gasteiger partial charge in [-0.3, -0.25) is 4.40 Å². The zero-order valence-corrected chi connectivity index (χ0v) is 15.2. The molecule has 0 N–H and O–H groups in total. The number of hydrogen-bond acceptors (Lipinski definition) is 5. The second kappa shape index (κ2) is 6.34. The molecule has 3 aromatic heterocycles. The van der Waals surface area contributed by atoms with E-state index in [0.717, 1.165) is 56.1 Å². The van der Waals surface area contributed by atoms with Crippen molar-refractivity contribution in [2.24, 2.45) is 0 Å². The third-order valence-corrected chi connectivity index (χ3v) is 5.70. The van der Waals surface area contributed by atoms with Gasteiger partial charge in [-0.2, -0.15) is 0 Å². The smallest absolute Gasteiger partial charge is 0.160 e. The molecule has 134 valence electrons. The molecule has 0 amide bonds. The van der Waals surface area contributed by atoms with Gasteiger partial charge in [0.1, 0.15) is 17.5 Å². The summed E-state index contributed by atoms with van der Waals surface area (Å²) in [6, 6.07) is 6.07. The lowest BCUT2D eigenvalue weighted by Gasteiger charge is -2.35. The van der Waals surface area contributed by atoms with Crippen LogP contribution >= 0.6 is 0 Å². The SMILES string of the molecule is Cc1nc2c(c(N3CCC[C@@H](c4nnc5ccccn45)C3)n1)CCCC2. The number of aromatic nitrogens is 5. The zero-order valence-electron chi connectivity index (χ0n) is 15.2. The van der Waals surface area contributed by atoms with E-state index in [4.69, 9.17) is 9.97 Å². The number of piperidine rings is 1. The van der Waals surface area contributed by atoms with Crippen LogP contribution in [0, 0.1) is 6.92 Å². The van der Waals surface area contributed by atoms with Crippen LogP contribution in [0.15, 0.2) is 24.4 Å². The summed E-state index contributed by atoms with van der Waals surface area (Å²) in [5, 5.41) is 8.85. The standard InChI is InChI=1S/C20H24N6/c1-14-21-17-9-3-2-8-16(17)20(22-14)25-11-6-7-15(13-25)19-24-23-18-10-4-5-12-26(18)19/h4-5,10,12,15H,2-3,6-9,11,13H2,1H3/t15-/m1/s1. The van der Waals surface area contributed by atoms with Crippen molar-refractivity contribution in [1.29, 1.82) is 0 Å². The first kappa shape index (κ1) is 15.7. The van der Waals surface area contributed by atoms with Crippen LogP contribution in [0.25, 0.3) is 5.65 Å². The number of aryl methyl sites for hydroxylation is 2. The Bertz CT molecular complexity index is 947. The summed E-state index contributed by atoms with van der Waals surface area (Å²) in [5.74, 6) is 3.53. The Balaban J connectivity index is 1.49. The van der Waals surface area contributed by atoms with Gasteiger partial charge in [-0.1, -0.05) is 6.07 Å². The fraction of sp³-hybridized carbons (Fsp3) is 0.500. The molecule has 1 atom stereocenters. The summed E-state index contributed by atoms with van der Waals surface area (Å²) in [6.45, 7) is 4.04. The van der Waals surface area contributed by atoms with Crippen LogP contribution < -0.4 is 4.90 Å². The number of pyridine rings is 1. The largest absolute Gasteiger partial charge is 0.356 e. The van der Waals surface area contributed by atoms with Crippen LogP contribution in [0.4, 0.5) is 5.82 Å². The predicted molar refractivity (Wildman–Crippen MR) is 101 cm³/mol. The van der Waals surface area contributed by atoms with E-state index in [1.807, 2.05) is 25.1 Å². The lowest BCUT2D eigenvalue weighted by molar-refractivity contribution is 0.482. The van der Waals surface area contributed by atoms with Gasteiger partial charge in [0.25, 0.3) is 0 Å². The van der Waals surface area contributed by atoms with Gasteiger partial charge in [-0.15, -0.1) is 10.2 Å². The van der Waals surface area contributed by atoms with Gasteiger partial charge in [0.15, 0.2) is 5.65 Å². The van der Waals surface area contributed by atoms with Crippen molar-refractivity contribution in [3.05, 3.63) is 47.3 Å². The van der Waals surface area contributed by atoms with Gasteiger partial charge in [0, 0.05) is 36.5 Å². The van der Waals surface area contributed by atoms with Crippen molar-refractivity contribution in [3.63, 3.8) is 0 Å². The van der Waals surface area contributed by atoms with E-state index in [1.54, 1.807) is 0 Å². The molecule has 1 fully saturated rings. The van der Waals surface area contributed by atoms with Gasteiger partial charge >= 0.3 is 0 Å². The molecule has 3 aromatic rings. The second-order valence-electron chi connectivity index (χ2n) is 7.50. The highest BCUT2D eigenvalue weighted by molar-refractivity contribution is 5.51. The molecule has 6 heteroatoms. The van der Waals surface area contributed by atoms with Crippen molar-refractivity contribution < 1.29 is 0 Å². The maximum Gasteiger partial charge on any atom is 0.160 e. The minimum atomic E-state index is 0.385. The molecule has 1 aliphatic heterocycles. The minimum absolute atomic E-state index is 0.385. The second-order valence-corrected chi connectivity index (χ2v) is 7.50. The van der Waals surface area contributed by atoms with Gasteiger partial charge in [0.2, 0.25) is 0 Å². The van der Waals surface area contributed by atoms with Gasteiger partial charge in [-0.25, -0.2) is 9.97 Å². The summed E-state index contributed by atoms with van der Waals surface area (Å²) in [4.78, 5) is 12.0. The number of rotatable bonds is 2. The molecule has 1 aliphatic carbocycles. The normalized spacial score (nSPS) is 20.3. The molecule has 0 radical (unpaired) electrons. The molecule has 0 saturated carbocycles. The molecule has 0 spiro atoms. The van der Waals surface area contributed by atoms with Gasteiger partial charge < -0.3 is 4.90 Å². The number of hydrogen-bond donors (Lipinski definition) is 0. The summed E-state index contributed by atoms with van der Waals surface area (Å²) in [7, 11) is 0. The fourth-order valence-corrected chi connectivity index (χ4v) is 4.47. The molecule has 2 aliphatic rings. The average Bonchev–Trinajstić information content (AvgIpc) is 3.11. The Kier molecular flexibility index (Phi) is 3.84. The third-order valence-electron chi connectivity index (χ3n) is 5.70. The molecule has 0 aromatic carbocycles. The van der Waals surface area contributed by atoms with Crippen molar-refractivity contribution in [2.45, 2.75) is 51.4 Å². The zero-order chi connectivity index (χ0) is 17.5.